The highest BCUT2D eigenvalue weighted by Crippen LogP contribution is 2.39. The molecule has 0 radical (unpaired) electrons. The summed E-state index contributed by atoms with van der Waals surface area (Å²) in [5, 5.41) is 9.24. The van der Waals surface area contributed by atoms with Gasteiger partial charge < -0.3 is 4.74 Å². The predicted octanol–water partition coefficient (Wildman–Crippen LogP) is 5.22. The molecule has 1 aromatic heterocycles. The molecule has 2 aromatic carbocycles. The van der Waals surface area contributed by atoms with E-state index in [9.17, 15) is 5.26 Å². The molecule has 0 bridgehead atoms. The number of pyridine rings is 1. The van der Waals surface area contributed by atoms with E-state index in [2.05, 4.69) is 30.3 Å². The number of benzene rings is 2. The largest absolute Gasteiger partial charge is 0.483 e. The molecule has 0 fully saturated rings. The summed E-state index contributed by atoms with van der Waals surface area (Å²) in [4.78, 5) is 4.69. The molecule has 1 aliphatic heterocycles. The normalized spacial score (nSPS) is 14.6. The third kappa shape index (κ3) is 2.98. The monoisotopic (exact) mass is 338 g/mol. The second kappa shape index (κ2) is 6.16. The molecule has 3 nitrogen and oxygen atoms in total. The fraction of sp³-hybridized carbons (Fsp3) is 0.130. The van der Waals surface area contributed by atoms with E-state index in [1.54, 1.807) is 6.07 Å². The van der Waals surface area contributed by atoms with Gasteiger partial charge in [-0.1, -0.05) is 36.4 Å². The zero-order valence-corrected chi connectivity index (χ0v) is 14.7. The Hall–Kier alpha value is -3.38. The van der Waals surface area contributed by atoms with Crippen molar-refractivity contribution < 1.29 is 4.74 Å². The number of nitrogens with zero attached hydrogens (tertiary/aromatic N) is 2. The molecule has 3 aromatic rings. The van der Waals surface area contributed by atoms with Crippen LogP contribution in [0.15, 0.2) is 72.9 Å². The smallest absolute Gasteiger partial charge is 0.128 e. The van der Waals surface area contributed by atoms with Gasteiger partial charge in [-0.05, 0) is 49.8 Å². The first-order valence-electron chi connectivity index (χ1n) is 8.54. The maximum Gasteiger partial charge on any atom is 0.128 e. The van der Waals surface area contributed by atoms with Crippen LogP contribution in [0.2, 0.25) is 0 Å². The van der Waals surface area contributed by atoms with Gasteiger partial charge in [-0.2, -0.15) is 5.26 Å². The number of aromatic nitrogens is 1. The third-order valence-electron chi connectivity index (χ3n) is 4.41. The Labute approximate surface area is 153 Å². The molecule has 4 rings (SSSR count). The summed E-state index contributed by atoms with van der Waals surface area (Å²) >= 11 is 0. The Kier molecular flexibility index (Phi) is 3.82. The molecule has 26 heavy (non-hydrogen) atoms. The van der Waals surface area contributed by atoms with Gasteiger partial charge in [0.2, 0.25) is 0 Å². The fourth-order valence-corrected chi connectivity index (χ4v) is 3.20. The van der Waals surface area contributed by atoms with Gasteiger partial charge in [-0.25, -0.2) is 0 Å². The molecular weight excluding hydrogens is 320 g/mol. The van der Waals surface area contributed by atoms with Crippen LogP contribution in [-0.2, 0) is 0 Å². The number of hydrogen-bond donors (Lipinski definition) is 0. The standard InChI is InChI=1S/C23H18N2O/c1-23(2)13-20(19-12-16(14-24)8-11-22(19)26-23)21-10-9-18(15-25-21)17-6-4-3-5-7-17/h3-13,15H,1-2H3. The SMILES string of the molecule is CC1(C)C=C(c2ccc(-c3ccccc3)cn2)c2cc(C#N)ccc2O1. The van der Waals surface area contributed by atoms with Crippen molar-refractivity contribution in [3.05, 3.63) is 89.8 Å². The van der Waals surface area contributed by atoms with E-state index in [1.807, 2.05) is 56.4 Å². The van der Waals surface area contributed by atoms with Gasteiger partial charge in [0.15, 0.2) is 0 Å². The number of fused-ring (bicyclic) bond motifs is 1. The van der Waals surface area contributed by atoms with Crippen LogP contribution >= 0.6 is 0 Å². The molecule has 0 amide bonds. The first-order chi connectivity index (χ1) is 12.6. The lowest BCUT2D eigenvalue weighted by atomic mass is 9.91. The van der Waals surface area contributed by atoms with Crippen LogP contribution in [0.1, 0.15) is 30.7 Å². The highest BCUT2D eigenvalue weighted by Gasteiger charge is 2.28. The van der Waals surface area contributed by atoms with E-state index in [-0.39, 0.29) is 0 Å². The summed E-state index contributed by atoms with van der Waals surface area (Å²) in [6.45, 7) is 4.04. The van der Waals surface area contributed by atoms with Gasteiger partial charge in [0, 0.05) is 22.9 Å². The fourth-order valence-electron chi connectivity index (χ4n) is 3.20. The van der Waals surface area contributed by atoms with Gasteiger partial charge in [0.05, 0.1) is 17.3 Å². The Morgan fingerprint density at radius 3 is 2.46 bits per heavy atom. The summed E-state index contributed by atoms with van der Waals surface area (Å²) in [6.07, 6.45) is 3.96. The van der Waals surface area contributed by atoms with E-state index >= 15 is 0 Å². The molecular formula is C23H18N2O. The van der Waals surface area contributed by atoms with Crippen LogP contribution in [0.4, 0.5) is 0 Å². The van der Waals surface area contributed by atoms with E-state index in [0.717, 1.165) is 33.7 Å². The van der Waals surface area contributed by atoms with Crippen molar-refractivity contribution in [1.29, 1.82) is 5.26 Å². The van der Waals surface area contributed by atoms with Crippen molar-refractivity contribution in [2.75, 3.05) is 0 Å². The predicted molar refractivity (Wildman–Crippen MR) is 103 cm³/mol. The summed E-state index contributed by atoms with van der Waals surface area (Å²) < 4.78 is 6.05. The zero-order valence-electron chi connectivity index (χ0n) is 14.7. The highest BCUT2D eigenvalue weighted by molar-refractivity contribution is 5.84. The van der Waals surface area contributed by atoms with E-state index in [1.165, 1.54) is 0 Å². The quantitative estimate of drug-likeness (QED) is 0.643. The van der Waals surface area contributed by atoms with Crippen molar-refractivity contribution in [3.8, 4) is 22.9 Å². The lowest BCUT2D eigenvalue weighted by Gasteiger charge is -2.31. The average molecular weight is 338 g/mol. The minimum Gasteiger partial charge on any atom is -0.483 e. The number of nitriles is 1. The second-order valence-electron chi connectivity index (χ2n) is 6.88. The van der Waals surface area contributed by atoms with Crippen molar-refractivity contribution in [1.82, 2.24) is 4.98 Å². The Balaban J connectivity index is 1.79. The molecule has 0 N–H and O–H groups in total. The Bertz CT molecular complexity index is 1030. The third-order valence-corrected chi connectivity index (χ3v) is 4.41. The summed E-state index contributed by atoms with van der Waals surface area (Å²) in [7, 11) is 0. The van der Waals surface area contributed by atoms with Crippen molar-refractivity contribution >= 4 is 5.57 Å². The highest BCUT2D eigenvalue weighted by atomic mass is 16.5. The first-order valence-corrected chi connectivity index (χ1v) is 8.54. The summed E-state index contributed by atoms with van der Waals surface area (Å²) in [5.74, 6) is 0.778. The maximum absolute atomic E-state index is 9.24. The van der Waals surface area contributed by atoms with Crippen molar-refractivity contribution in [2.45, 2.75) is 19.4 Å². The van der Waals surface area contributed by atoms with Crippen LogP contribution in [0, 0.1) is 11.3 Å². The molecule has 1 aliphatic rings. The van der Waals surface area contributed by atoms with Crippen molar-refractivity contribution in [2.24, 2.45) is 0 Å². The van der Waals surface area contributed by atoms with Gasteiger partial charge in [-0.3, -0.25) is 4.98 Å². The molecule has 0 unspecified atom stereocenters. The molecule has 126 valence electrons. The van der Waals surface area contributed by atoms with E-state index in [4.69, 9.17) is 9.72 Å². The number of rotatable bonds is 2. The molecule has 0 spiro atoms. The molecule has 0 saturated carbocycles. The van der Waals surface area contributed by atoms with Crippen LogP contribution in [0.25, 0.3) is 16.7 Å². The van der Waals surface area contributed by atoms with Gasteiger partial charge in [-0.15, -0.1) is 0 Å². The van der Waals surface area contributed by atoms with Crippen LogP contribution in [0.5, 0.6) is 5.75 Å². The van der Waals surface area contributed by atoms with E-state index < -0.39 is 5.60 Å². The first kappa shape index (κ1) is 16.1. The molecule has 2 heterocycles. The van der Waals surface area contributed by atoms with Gasteiger partial charge in [0.1, 0.15) is 11.4 Å². The zero-order chi connectivity index (χ0) is 18.1. The second-order valence-corrected chi connectivity index (χ2v) is 6.88. The molecule has 0 atom stereocenters. The maximum atomic E-state index is 9.24. The molecule has 3 heteroatoms. The lowest BCUT2D eigenvalue weighted by Crippen LogP contribution is -2.29. The molecule has 0 aliphatic carbocycles. The van der Waals surface area contributed by atoms with Crippen LogP contribution < -0.4 is 4.74 Å². The Morgan fingerprint density at radius 2 is 1.77 bits per heavy atom. The van der Waals surface area contributed by atoms with Gasteiger partial charge in [0.25, 0.3) is 0 Å². The van der Waals surface area contributed by atoms with Crippen LogP contribution in [-0.4, -0.2) is 10.6 Å². The minimum absolute atomic E-state index is 0.434. The average Bonchev–Trinajstić information content (AvgIpc) is 2.67. The molecule has 0 saturated heterocycles. The lowest BCUT2D eigenvalue weighted by molar-refractivity contribution is 0.158. The van der Waals surface area contributed by atoms with E-state index in [0.29, 0.717) is 5.56 Å². The van der Waals surface area contributed by atoms with Crippen molar-refractivity contribution in [3.63, 3.8) is 0 Å². The van der Waals surface area contributed by atoms with Crippen LogP contribution in [0.3, 0.4) is 0 Å². The number of ether oxygens (including phenoxy) is 1. The minimum atomic E-state index is -0.434. The Morgan fingerprint density at radius 1 is 0.962 bits per heavy atom. The van der Waals surface area contributed by atoms with Gasteiger partial charge >= 0.3 is 0 Å². The number of hydrogen-bond acceptors (Lipinski definition) is 3. The topological polar surface area (TPSA) is 45.9 Å². The summed E-state index contributed by atoms with van der Waals surface area (Å²) in [6, 6.07) is 22.0. The summed E-state index contributed by atoms with van der Waals surface area (Å²) in [5.41, 5.74) is 5.16.